The van der Waals surface area contributed by atoms with Gasteiger partial charge < -0.3 is 10.1 Å². The van der Waals surface area contributed by atoms with Crippen LogP contribution in [0.15, 0.2) is 35.1 Å². The summed E-state index contributed by atoms with van der Waals surface area (Å²) in [5, 5.41) is 3.61. The highest BCUT2D eigenvalue weighted by atomic mass is 79.9. The van der Waals surface area contributed by atoms with Crippen LogP contribution < -0.4 is 5.32 Å². The monoisotopic (exact) mass is 401 g/mol. The zero-order valence-corrected chi connectivity index (χ0v) is 15.7. The molecule has 5 nitrogen and oxygen atoms in total. The number of pyridine rings is 1. The molecule has 0 saturated carbocycles. The second-order valence-corrected chi connectivity index (χ2v) is 7.43. The van der Waals surface area contributed by atoms with Crippen LogP contribution in [-0.4, -0.2) is 35.5 Å². The Morgan fingerprint density at radius 1 is 1.36 bits per heavy atom. The van der Waals surface area contributed by atoms with Crippen molar-refractivity contribution in [1.82, 2.24) is 15.2 Å². The Kier molecular flexibility index (Phi) is 4.58. The van der Waals surface area contributed by atoms with Crippen molar-refractivity contribution in [3.63, 3.8) is 0 Å². The van der Waals surface area contributed by atoms with Crippen molar-refractivity contribution in [3.05, 3.63) is 62.9 Å². The Balaban J connectivity index is 1.52. The number of nitrogens with one attached hydrogen (secondary N) is 1. The number of hydrogen-bond acceptors (Lipinski definition) is 5. The molecule has 1 N–H and O–H groups in total. The minimum atomic E-state index is -0.203. The SMILES string of the molecule is Cc1c(C2CN(Cc3ccc(Br)nc3)CCN2)ccc2c1COC2=O. The van der Waals surface area contributed by atoms with Crippen LogP contribution in [0.5, 0.6) is 0 Å². The van der Waals surface area contributed by atoms with Gasteiger partial charge >= 0.3 is 5.97 Å². The Labute approximate surface area is 155 Å². The maximum atomic E-state index is 11.7. The van der Waals surface area contributed by atoms with E-state index in [2.05, 4.69) is 50.2 Å². The van der Waals surface area contributed by atoms with E-state index < -0.39 is 0 Å². The third kappa shape index (κ3) is 3.34. The summed E-state index contributed by atoms with van der Waals surface area (Å²) >= 11 is 3.38. The van der Waals surface area contributed by atoms with Gasteiger partial charge in [-0.2, -0.15) is 0 Å². The Morgan fingerprint density at radius 2 is 2.24 bits per heavy atom. The lowest BCUT2D eigenvalue weighted by molar-refractivity contribution is 0.0535. The van der Waals surface area contributed by atoms with Crippen molar-refractivity contribution in [3.8, 4) is 0 Å². The molecule has 1 saturated heterocycles. The Hall–Kier alpha value is -1.76. The molecule has 0 spiro atoms. The van der Waals surface area contributed by atoms with E-state index in [9.17, 15) is 4.79 Å². The molecule has 25 heavy (non-hydrogen) atoms. The number of piperazine rings is 1. The van der Waals surface area contributed by atoms with Crippen LogP contribution in [0.25, 0.3) is 0 Å². The molecule has 1 fully saturated rings. The number of carbonyl (C=O) groups excluding carboxylic acids is 1. The molecule has 130 valence electrons. The molecule has 1 unspecified atom stereocenters. The van der Waals surface area contributed by atoms with Crippen molar-refractivity contribution >= 4 is 21.9 Å². The number of cyclic esters (lactones) is 1. The van der Waals surface area contributed by atoms with Crippen LogP contribution in [0, 0.1) is 6.92 Å². The van der Waals surface area contributed by atoms with Crippen molar-refractivity contribution < 1.29 is 9.53 Å². The number of ether oxygens (including phenoxy) is 1. The minimum Gasteiger partial charge on any atom is -0.457 e. The summed E-state index contributed by atoms with van der Waals surface area (Å²) in [4.78, 5) is 18.5. The quantitative estimate of drug-likeness (QED) is 0.632. The molecule has 0 amide bonds. The number of halogens is 1. The van der Waals surface area contributed by atoms with Crippen molar-refractivity contribution in [2.24, 2.45) is 0 Å². The predicted octanol–water partition coefficient (Wildman–Crippen LogP) is 2.97. The largest absolute Gasteiger partial charge is 0.457 e. The number of rotatable bonds is 3. The summed E-state index contributed by atoms with van der Waals surface area (Å²) in [5.74, 6) is -0.203. The summed E-state index contributed by atoms with van der Waals surface area (Å²) in [6.45, 7) is 6.28. The maximum absolute atomic E-state index is 11.7. The second-order valence-electron chi connectivity index (χ2n) is 6.61. The van der Waals surface area contributed by atoms with Crippen LogP contribution in [0.4, 0.5) is 0 Å². The number of fused-ring (bicyclic) bond motifs is 1. The molecule has 1 atom stereocenters. The summed E-state index contributed by atoms with van der Waals surface area (Å²) in [6, 6.07) is 8.34. The topological polar surface area (TPSA) is 54.5 Å². The summed E-state index contributed by atoms with van der Waals surface area (Å²) in [5.41, 5.74) is 5.41. The standard InChI is InChI=1S/C19H20BrN3O2/c1-12-14(3-4-15-16(12)11-25-19(15)24)17-10-23(7-6-21-17)9-13-2-5-18(20)22-8-13/h2-5,8,17,21H,6-7,9-11H2,1H3. The summed E-state index contributed by atoms with van der Waals surface area (Å²) in [7, 11) is 0. The van der Waals surface area contributed by atoms with Crippen molar-refractivity contribution in [1.29, 1.82) is 0 Å². The molecule has 1 aromatic carbocycles. The van der Waals surface area contributed by atoms with Crippen LogP contribution in [0.2, 0.25) is 0 Å². The van der Waals surface area contributed by atoms with Gasteiger partial charge in [0.2, 0.25) is 0 Å². The molecule has 1 aromatic heterocycles. The molecular formula is C19H20BrN3O2. The summed E-state index contributed by atoms with van der Waals surface area (Å²) in [6.07, 6.45) is 1.92. The fourth-order valence-corrected chi connectivity index (χ4v) is 3.90. The first-order valence-corrected chi connectivity index (χ1v) is 9.27. The lowest BCUT2D eigenvalue weighted by Gasteiger charge is -2.34. The van der Waals surface area contributed by atoms with E-state index in [0.29, 0.717) is 6.61 Å². The molecule has 2 aliphatic heterocycles. The normalized spacial score (nSPS) is 20.4. The average Bonchev–Trinajstić information content (AvgIpc) is 3.00. The third-order valence-electron chi connectivity index (χ3n) is 5.04. The van der Waals surface area contributed by atoms with Gasteiger partial charge in [-0.25, -0.2) is 9.78 Å². The first-order chi connectivity index (χ1) is 12.1. The van der Waals surface area contributed by atoms with Gasteiger partial charge in [0, 0.05) is 44.0 Å². The molecule has 2 aromatic rings. The van der Waals surface area contributed by atoms with Gasteiger partial charge in [-0.1, -0.05) is 12.1 Å². The van der Waals surface area contributed by atoms with Gasteiger partial charge in [0.15, 0.2) is 0 Å². The van der Waals surface area contributed by atoms with E-state index in [1.54, 1.807) is 0 Å². The lowest BCUT2D eigenvalue weighted by Crippen LogP contribution is -2.45. The van der Waals surface area contributed by atoms with Crippen molar-refractivity contribution in [2.75, 3.05) is 19.6 Å². The first kappa shape index (κ1) is 16.7. The lowest BCUT2D eigenvalue weighted by atomic mass is 9.93. The second kappa shape index (κ2) is 6.86. The maximum Gasteiger partial charge on any atom is 0.338 e. The van der Waals surface area contributed by atoms with E-state index in [1.807, 2.05) is 18.3 Å². The van der Waals surface area contributed by atoms with E-state index in [-0.39, 0.29) is 12.0 Å². The Morgan fingerprint density at radius 3 is 3.04 bits per heavy atom. The van der Waals surface area contributed by atoms with Gasteiger partial charge in [0.1, 0.15) is 11.2 Å². The number of aromatic nitrogens is 1. The van der Waals surface area contributed by atoms with Gasteiger partial charge in [0.25, 0.3) is 0 Å². The number of nitrogens with zero attached hydrogens (tertiary/aromatic N) is 2. The fourth-order valence-electron chi connectivity index (χ4n) is 3.67. The van der Waals surface area contributed by atoms with Gasteiger partial charge in [-0.15, -0.1) is 0 Å². The molecule has 0 bridgehead atoms. The van der Waals surface area contributed by atoms with E-state index in [4.69, 9.17) is 4.74 Å². The van der Waals surface area contributed by atoms with E-state index >= 15 is 0 Å². The molecule has 0 aliphatic carbocycles. The molecule has 2 aliphatic rings. The zero-order valence-electron chi connectivity index (χ0n) is 14.1. The van der Waals surface area contributed by atoms with Crippen LogP contribution >= 0.6 is 15.9 Å². The highest BCUT2D eigenvalue weighted by molar-refractivity contribution is 9.10. The minimum absolute atomic E-state index is 0.203. The van der Waals surface area contributed by atoms with Gasteiger partial charge in [0.05, 0.1) is 5.56 Å². The molecule has 3 heterocycles. The highest BCUT2D eigenvalue weighted by Gasteiger charge is 2.28. The average molecular weight is 402 g/mol. The zero-order chi connectivity index (χ0) is 17.4. The van der Waals surface area contributed by atoms with Crippen molar-refractivity contribution in [2.45, 2.75) is 26.1 Å². The fraction of sp³-hybridized carbons (Fsp3) is 0.368. The van der Waals surface area contributed by atoms with Crippen LogP contribution in [0.3, 0.4) is 0 Å². The van der Waals surface area contributed by atoms with Gasteiger partial charge in [-0.05, 0) is 51.7 Å². The Bertz CT molecular complexity index is 807. The summed E-state index contributed by atoms with van der Waals surface area (Å²) < 4.78 is 6.04. The number of benzene rings is 1. The van der Waals surface area contributed by atoms with E-state index in [1.165, 1.54) is 16.7 Å². The highest BCUT2D eigenvalue weighted by Crippen LogP contribution is 2.30. The first-order valence-electron chi connectivity index (χ1n) is 8.47. The number of hydrogen-bond donors (Lipinski definition) is 1. The molecule has 6 heteroatoms. The van der Waals surface area contributed by atoms with Crippen LogP contribution in [0.1, 0.15) is 38.7 Å². The number of carbonyl (C=O) groups is 1. The van der Waals surface area contributed by atoms with Gasteiger partial charge in [-0.3, -0.25) is 4.90 Å². The smallest absolute Gasteiger partial charge is 0.338 e. The number of esters is 1. The molecule has 4 rings (SSSR count). The van der Waals surface area contributed by atoms with Crippen LogP contribution in [-0.2, 0) is 17.9 Å². The molecule has 0 radical (unpaired) electrons. The molecular weight excluding hydrogens is 382 g/mol. The van der Waals surface area contributed by atoms with E-state index in [0.717, 1.165) is 41.9 Å². The predicted molar refractivity (Wildman–Crippen MR) is 98.3 cm³/mol. The third-order valence-corrected chi connectivity index (χ3v) is 5.51.